The molecule has 0 spiro atoms. The lowest BCUT2D eigenvalue weighted by atomic mass is 10.1. The number of benzene rings is 2. The third-order valence-electron chi connectivity index (χ3n) is 4.46. The number of hydrogen-bond acceptors (Lipinski definition) is 5. The van der Waals surface area contributed by atoms with Crippen LogP contribution in [0.1, 0.15) is 38.8 Å². The summed E-state index contributed by atoms with van der Waals surface area (Å²) in [5.41, 5.74) is 0.867. The van der Waals surface area contributed by atoms with E-state index in [1.807, 2.05) is 38.1 Å². The van der Waals surface area contributed by atoms with Gasteiger partial charge in [0.25, 0.3) is 5.91 Å². The second kappa shape index (κ2) is 10.3. The van der Waals surface area contributed by atoms with Crippen molar-refractivity contribution in [2.24, 2.45) is 0 Å². The molecule has 2 N–H and O–H groups in total. The molecule has 8 heteroatoms. The van der Waals surface area contributed by atoms with E-state index in [-0.39, 0.29) is 29.5 Å². The summed E-state index contributed by atoms with van der Waals surface area (Å²) in [7, 11) is -1.99. The standard InChI is InChI=1S/C21H28N2O5S/c1-5-15(2)23-29(25,26)18-12-10-17(11-13-18)28-14-21(24)22-16(3)19-8-6-7-9-20(19)27-4/h6-13,15-16,23H,5,14H2,1-4H3,(H,22,24). The molecule has 29 heavy (non-hydrogen) atoms. The Bertz CT molecular complexity index is 913. The predicted octanol–water partition coefficient (Wildman–Crippen LogP) is 3.03. The predicted molar refractivity (Wildman–Crippen MR) is 112 cm³/mol. The smallest absolute Gasteiger partial charge is 0.258 e. The minimum atomic E-state index is -3.57. The number of amides is 1. The minimum absolute atomic E-state index is 0.148. The van der Waals surface area contributed by atoms with Crippen LogP contribution in [-0.4, -0.2) is 34.1 Å². The molecule has 0 fully saturated rings. The molecular formula is C21H28N2O5S. The van der Waals surface area contributed by atoms with Crippen LogP contribution in [0.25, 0.3) is 0 Å². The van der Waals surface area contributed by atoms with Gasteiger partial charge in [-0.1, -0.05) is 25.1 Å². The van der Waals surface area contributed by atoms with Crippen LogP contribution in [0, 0.1) is 0 Å². The molecule has 0 aliphatic rings. The maximum atomic E-state index is 12.3. The van der Waals surface area contributed by atoms with Crippen molar-refractivity contribution >= 4 is 15.9 Å². The first kappa shape index (κ1) is 22.7. The molecule has 1 amide bonds. The third kappa shape index (κ3) is 6.47. The quantitative estimate of drug-likeness (QED) is 0.616. The van der Waals surface area contributed by atoms with E-state index in [1.165, 1.54) is 24.3 Å². The Morgan fingerprint density at radius 1 is 1.07 bits per heavy atom. The van der Waals surface area contributed by atoms with Gasteiger partial charge >= 0.3 is 0 Å². The van der Waals surface area contributed by atoms with E-state index in [1.54, 1.807) is 14.0 Å². The van der Waals surface area contributed by atoms with Gasteiger partial charge in [0.2, 0.25) is 10.0 Å². The fourth-order valence-corrected chi connectivity index (χ4v) is 3.99. The van der Waals surface area contributed by atoms with E-state index in [0.29, 0.717) is 17.9 Å². The van der Waals surface area contributed by atoms with Gasteiger partial charge in [-0.2, -0.15) is 0 Å². The summed E-state index contributed by atoms with van der Waals surface area (Å²) in [6, 6.07) is 13.0. The largest absolute Gasteiger partial charge is 0.496 e. The van der Waals surface area contributed by atoms with E-state index < -0.39 is 10.0 Å². The van der Waals surface area contributed by atoms with Gasteiger partial charge in [0.1, 0.15) is 11.5 Å². The first-order valence-corrected chi connectivity index (χ1v) is 10.9. The summed E-state index contributed by atoms with van der Waals surface area (Å²) >= 11 is 0. The highest BCUT2D eigenvalue weighted by molar-refractivity contribution is 7.89. The highest BCUT2D eigenvalue weighted by atomic mass is 32.2. The van der Waals surface area contributed by atoms with Crippen molar-refractivity contribution in [1.29, 1.82) is 0 Å². The molecule has 2 rings (SSSR count). The van der Waals surface area contributed by atoms with Gasteiger partial charge in [0.05, 0.1) is 18.0 Å². The Kier molecular flexibility index (Phi) is 8.04. The Hall–Kier alpha value is -2.58. The zero-order valence-corrected chi connectivity index (χ0v) is 18.0. The first-order chi connectivity index (χ1) is 13.8. The van der Waals surface area contributed by atoms with Crippen molar-refractivity contribution in [3.63, 3.8) is 0 Å². The average molecular weight is 421 g/mol. The molecule has 0 aromatic heterocycles. The highest BCUT2D eigenvalue weighted by Crippen LogP contribution is 2.24. The van der Waals surface area contributed by atoms with Gasteiger partial charge in [0.15, 0.2) is 6.61 Å². The number of methoxy groups -OCH3 is 1. The topological polar surface area (TPSA) is 93.7 Å². The maximum Gasteiger partial charge on any atom is 0.258 e. The molecule has 0 saturated carbocycles. The van der Waals surface area contributed by atoms with Gasteiger partial charge in [-0.05, 0) is 50.6 Å². The number of sulfonamides is 1. The fourth-order valence-electron chi connectivity index (χ4n) is 2.67. The molecule has 0 bridgehead atoms. The number of hydrogen-bond donors (Lipinski definition) is 2. The van der Waals surface area contributed by atoms with E-state index in [0.717, 1.165) is 5.56 Å². The van der Waals surface area contributed by atoms with Gasteiger partial charge in [-0.15, -0.1) is 0 Å². The summed E-state index contributed by atoms with van der Waals surface area (Å²) in [5.74, 6) is 0.815. The molecule has 2 aromatic rings. The third-order valence-corrected chi connectivity index (χ3v) is 6.06. The maximum absolute atomic E-state index is 12.3. The molecule has 0 heterocycles. The molecule has 0 aliphatic carbocycles. The van der Waals surface area contributed by atoms with Crippen molar-refractivity contribution in [3.05, 3.63) is 54.1 Å². The molecule has 0 aliphatic heterocycles. The van der Waals surface area contributed by atoms with E-state index >= 15 is 0 Å². The molecule has 0 saturated heterocycles. The van der Waals surface area contributed by atoms with Crippen molar-refractivity contribution < 1.29 is 22.7 Å². The van der Waals surface area contributed by atoms with Crippen molar-refractivity contribution in [3.8, 4) is 11.5 Å². The summed E-state index contributed by atoms with van der Waals surface area (Å²) in [6.07, 6.45) is 0.697. The van der Waals surface area contributed by atoms with Crippen LogP contribution in [0.3, 0.4) is 0 Å². The van der Waals surface area contributed by atoms with E-state index in [2.05, 4.69) is 10.0 Å². The van der Waals surface area contributed by atoms with Crippen molar-refractivity contribution in [2.45, 2.75) is 44.2 Å². The molecule has 0 radical (unpaired) electrons. The Morgan fingerprint density at radius 2 is 1.72 bits per heavy atom. The van der Waals surface area contributed by atoms with Crippen LogP contribution in [0.4, 0.5) is 0 Å². The lowest BCUT2D eigenvalue weighted by Crippen LogP contribution is -2.32. The minimum Gasteiger partial charge on any atom is -0.496 e. The normalized spacial score (nSPS) is 13.4. The van der Waals surface area contributed by atoms with E-state index in [4.69, 9.17) is 9.47 Å². The van der Waals surface area contributed by atoms with Crippen LogP contribution in [0.2, 0.25) is 0 Å². The number of nitrogens with one attached hydrogen (secondary N) is 2. The number of rotatable bonds is 10. The SMILES string of the molecule is CCC(C)NS(=O)(=O)c1ccc(OCC(=O)NC(C)c2ccccc2OC)cc1. The summed E-state index contributed by atoms with van der Waals surface area (Å²) in [6.45, 7) is 5.39. The van der Waals surface area contributed by atoms with Gasteiger partial charge < -0.3 is 14.8 Å². The number of carbonyl (C=O) groups is 1. The van der Waals surface area contributed by atoms with Gasteiger partial charge in [-0.25, -0.2) is 13.1 Å². The van der Waals surface area contributed by atoms with E-state index in [9.17, 15) is 13.2 Å². The molecule has 2 aromatic carbocycles. The lowest BCUT2D eigenvalue weighted by Gasteiger charge is -2.17. The number of ether oxygens (including phenoxy) is 2. The van der Waals surface area contributed by atoms with Gasteiger partial charge in [0, 0.05) is 11.6 Å². The summed E-state index contributed by atoms with van der Waals surface area (Å²) in [5, 5.41) is 2.85. The van der Waals surface area contributed by atoms with Crippen molar-refractivity contribution in [1.82, 2.24) is 10.0 Å². The summed E-state index contributed by atoms with van der Waals surface area (Å²) in [4.78, 5) is 12.3. The number of para-hydroxylation sites is 1. The van der Waals surface area contributed by atoms with Crippen molar-refractivity contribution in [2.75, 3.05) is 13.7 Å². The molecule has 2 atom stereocenters. The molecule has 158 valence electrons. The zero-order chi connectivity index (χ0) is 21.4. The van der Waals surface area contributed by atoms with Crippen LogP contribution in [0.5, 0.6) is 11.5 Å². The van der Waals surface area contributed by atoms with Gasteiger partial charge in [-0.3, -0.25) is 4.79 Å². The molecular weight excluding hydrogens is 392 g/mol. The molecule has 2 unspecified atom stereocenters. The number of carbonyl (C=O) groups excluding carboxylic acids is 1. The fraction of sp³-hybridized carbons (Fsp3) is 0.381. The summed E-state index contributed by atoms with van der Waals surface area (Å²) < 4.78 is 37.9. The van der Waals surface area contributed by atoms with Crippen LogP contribution in [0.15, 0.2) is 53.4 Å². The average Bonchev–Trinajstić information content (AvgIpc) is 2.72. The lowest BCUT2D eigenvalue weighted by molar-refractivity contribution is -0.123. The second-order valence-electron chi connectivity index (χ2n) is 6.72. The highest BCUT2D eigenvalue weighted by Gasteiger charge is 2.17. The Morgan fingerprint density at radius 3 is 2.34 bits per heavy atom. The first-order valence-electron chi connectivity index (χ1n) is 9.44. The van der Waals surface area contributed by atoms with Crippen LogP contribution < -0.4 is 19.5 Å². The van der Waals surface area contributed by atoms with Crippen LogP contribution >= 0.6 is 0 Å². The Labute approximate surface area is 172 Å². The second-order valence-corrected chi connectivity index (χ2v) is 8.44. The Balaban J connectivity index is 1.92. The monoisotopic (exact) mass is 420 g/mol. The van der Waals surface area contributed by atoms with Crippen LogP contribution in [-0.2, 0) is 14.8 Å². The zero-order valence-electron chi connectivity index (χ0n) is 17.1. The molecule has 7 nitrogen and oxygen atoms in total.